The fourth-order valence-electron chi connectivity index (χ4n) is 9.94. The van der Waals surface area contributed by atoms with Gasteiger partial charge in [-0.3, -0.25) is 14.4 Å². The summed E-state index contributed by atoms with van der Waals surface area (Å²) in [4.78, 5) is 38.5. The molecule has 6 nitrogen and oxygen atoms in total. The molecule has 0 heterocycles. The molecule has 83 heavy (non-hydrogen) atoms. The molecule has 0 aliphatic carbocycles. The lowest BCUT2D eigenvalue weighted by atomic mass is 10.1. The van der Waals surface area contributed by atoms with Gasteiger partial charge in [0, 0.05) is 19.3 Å². The fraction of sp³-hybridized carbons (Fsp3) is 0.727. The van der Waals surface area contributed by atoms with Gasteiger partial charge in [-0.25, -0.2) is 0 Å². The molecular formula is C77H132O6. The maximum Gasteiger partial charge on any atom is 0.306 e. The predicted molar refractivity (Wildman–Crippen MR) is 362 cm³/mol. The molecule has 0 fully saturated rings. The summed E-state index contributed by atoms with van der Waals surface area (Å²) in [5, 5.41) is 0. The SMILES string of the molecule is CC/C=C\C/C=C\C/C=C\C/C=C\C/C=C\C/C=C\C/C=C\CCCCCCCCCC(=O)OCC(COC(=O)CCCCCCCCC/C=C\CCCCCCCCC)OC(=O)CCCCCCCCC/C=C\CCCCCCCCC. The van der Waals surface area contributed by atoms with Crippen LogP contribution in [0.3, 0.4) is 0 Å². The first kappa shape index (κ1) is 79.1. The Morgan fingerprint density at radius 1 is 0.253 bits per heavy atom. The minimum Gasteiger partial charge on any atom is -0.462 e. The zero-order valence-corrected chi connectivity index (χ0v) is 54.7. The molecule has 0 saturated heterocycles. The third kappa shape index (κ3) is 68.7. The molecule has 1 atom stereocenters. The number of hydrogen-bond acceptors (Lipinski definition) is 6. The van der Waals surface area contributed by atoms with Crippen molar-refractivity contribution >= 4 is 17.9 Å². The maximum atomic E-state index is 13.0. The van der Waals surface area contributed by atoms with E-state index in [1.807, 2.05) is 0 Å². The Labute approximate surface area is 514 Å². The molecule has 0 radical (unpaired) electrons. The first-order valence-electron chi connectivity index (χ1n) is 35.4. The van der Waals surface area contributed by atoms with E-state index in [0.717, 1.165) is 109 Å². The van der Waals surface area contributed by atoms with Crippen LogP contribution < -0.4 is 0 Å². The molecule has 0 bridgehead atoms. The van der Waals surface area contributed by atoms with Crippen LogP contribution in [-0.4, -0.2) is 37.2 Å². The van der Waals surface area contributed by atoms with E-state index in [1.54, 1.807) is 0 Å². The molecule has 0 aromatic heterocycles. The number of unbranched alkanes of at least 4 members (excludes halogenated alkanes) is 35. The summed E-state index contributed by atoms with van der Waals surface area (Å²) in [6, 6.07) is 0. The second-order valence-electron chi connectivity index (χ2n) is 23.4. The van der Waals surface area contributed by atoms with Gasteiger partial charge in [0.15, 0.2) is 6.10 Å². The standard InChI is InChI=1S/C77H132O6/c1-4-7-10-13-16-19-22-25-28-31-34-35-36-37-38-39-40-41-42-43-44-47-49-52-55-58-61-64-67-70-76(79)82-73-74(83-77(80)71-68-65-62-59-56-53-50-46-33-30-27-24-21-18-15-12-9-6-3)72-81-75(78)69-66-63-60-57-54-51-48-45-32-29-26-23-20-17-14-11-8-5-2/h7,10,16,19,25,28-30,32-35,37-38,40-41,43-44,74H,4-6,8-9,11-15,17-18,20-24,26-27,31,36,39,42,45-73H2,1-3H3/b10-7-,19-16-,28-25-,32-29-,33-30-,35-34-,38-37-,41-40-,44-43-. The van der Waals surface area contributed by atoms with E-state index in [0.29, 0.717) is 19.3 Å². The van der Waals surface area contributed by atoms with Crippen LogP contribution in [0.5, 0.6) is 0 Å². The van der Waals surface area contributed by atoms with Crippen LogP contribution >= 0.6 is 0 Å². The molecule has 0 aromatic carbocycles. The van der Waals surface area contributed by atoms with Gasteiger partial charge in [-0.1, -0.05) is 304 Å². The van der Waals surface area contributed by atoms with Crippen molar-refractivity contribution < 1.29 is 28.6 Å². The quantitative estimate of drug-likeness (QED) is 0.0261. The minimum atomic E-state index is -0.790. The lowest BCUT2D eigenvalue weighted by Crippen LogP contribution is -2.30. The molecule has 0 rings (SSSR count). The maximum absolute atomic E-state index is 13.0. The molecule has 0 spiro atoms. The topological polar surface area (TPSA) is 78.9 Å². The van der Waals surface area contributed by atoms with Crippen molar-refractivity contribution in [3.8, 4) is 0 Å². The van der Waals surface area contributed by atoms with Crippen LogP contribution in [0.1, 0.15) is 342 Å². The van der Waals surface area contributed by atoms with Crippen LogP contribution in [0, 0.1) is 0 Å². The number of allylic oxidation sites excluding steroid dienone is 18. The van der Waals surface area contributed by atoms with Gasteiger partial charge in [0.05, 0.1) is 0 Å². The van der Waals surface area contributed by atoms with Crippen molar-refractivity contribution in [1.82, 2.24) is 0 Å². The Kier molecular flexibility index (Phi) is 67.2. The van der Waals surface area contributed by atoms with E-state index < -0.39 is 6.10 Å². The molecule has 0 aliphatic heterocycles. The van der Waals surface area contributed by atoms with E-state index in [2.05, 4.69) is 130 Å². The Morgan fingerprint density at radius 2 is 0.470 bits per heavy atom. The van der Waals surface area contributed by atoms with Gasteiger partial charge in [0.25, 0.3) is 0 Å². The third-order valence-electron chi connectivity index (χ3n) is 15.2. The normalized spacial score (nSPS) is 12.8. The highest BCUT2D eigenvalue weighted by atomic mass is 16.6. The Morgan fingerprint density at radius 3 is 0.747 bits per heavy atom. The highest BCUT2D eigenvalue weighted by Crippen LogP contribution is 2.16. The van der Waals surface area contributed by atoms with Gasteiger partial charge < -0.3 is 14.2 Å². The summed E-state index contributed by atoms with van der Waals surface area (Å²) in [6.07, 6.45) is 96.7. The number of ether oxygens (including phenoxy) is 3. The van der Waals surface area contributed by atoms with Crippen molar-refractivity contribution in [2.24, 2.45) is 0 Å². The molecule has 0 N–H and O–H groups in total. The molecular weight excluding hydrogens is 1020 g/mol. The number of carbonyl (C=O) groups excluding carboxylic acids is 3. The van der Waals surface area contributed by atoms with E-state index >= 15 is 0 Å². The summed E-state index contributed by atoms with van der Waals surface area (Å²) in [6.45, 7) is 6.54. The van der Waals surface area contributed by atoms with Crippen LogP contribution in [0.15, 0.2) is 109 Å². The number of carbonyl (C=O) groups is 3. The second kappa shape index (κ2) is 70.6. The number of rotatable bonds is 64. The monoisotopic (exact) mass is 1150 g/mol. The molecule has 0 aliphatic rings. The van der Waals surface area contributed by atoms with Gasteiger partial charge in [0.1, 0.15) is 13.2 Å². The lowest BCUT2D eigenvalue weighted by Gasteiger charge is -2.18. The van der Waals surface area contributed by atoms with Crippen molar-refractivity contribution in [3.05, 3.63) is 109 Å². The van der Waals surface area contributed by atoms with Crippen molar-refractivity contribution in [3.63, 3.8) is 0 Å². The van der Waals surface area contributed by atoms with Crippen molar-refractivity contribution in [1.29, 1.82) is 0 Å². The highest BCUT2D eigenvalue weighted by Gasteiger charge is 2.19. The van der Waals surface area contributed by atoms with Crippen LogP contribution in [0.2, 0.25) is 0 Å². The average molecular weight is 1150 g/mol. The van der Waals surface area contributed by atoms with E-state index in [1.165, 1.54) is 193 Å². The van der Waals surface area contributed by atoms with Gasteiger partial charge in [-0.15, -0.1) is 0 Å². The van der Waals surface area contributed by atoms with Crippen molar-refractivity contribution in [2.75, 3.05) is 13.2 Å². The lowest BCUT2D eigenvalue weighted by molar-refractivity contribution is -0.167. The first-order chi connectivity index (χ1) is 41.0. The first-order valence-corrected chi connectivity index (χ1v) is 35.4. The van der Waals surface area contributed by atoms with E-state index in [4.69, 9.17) is 14.2 Å². The number of esters is 3. The average Bonchev–Trinajstić information content (AvgIpc) is 3.49. The van der Waals surface area contributed by atoms with Gasteiger partial charge >= 0.3 is 17.9 Å². The summed E-state index contributed by atoms with van der Waals surface area (Å²) in [5.41, 5.74) is 0. The molecule has 1 unspecified atom stereocenters. The predicted octanol–water partition coefficient (Wildman–Crippen LogP) is 24.6. The third-order valence-corrected chi connectivity index (χ3v) is 15.2. The molecule has 6 heteroatoms. The molecule has 476 valence electrons. The zero-order valence-electron chi connectivity index (χ0n) is 54.7. The largest absolute Gasteiger partial charge is 0.462 e. The molecule has 0 saturated carbocycles. The van der Waals surface area contributed by atoms with Crippen molar-refractivity contribution in [2.45, 2.75) is 348 Å². The van der Waals surface area contributed by atoms with E-state index in [9.17, 15) is 14.4 Å². The summed E-state index contributed by atoms with van der Waals surface area (Å²) in [5.74, 6) is -0.890. The van der Waals surface area contributed by atoms with Gasteiger partial charge in [-0.05, 0) is 128 Å². The Balaban J connectivity index is 4.38. The van der Waals surface area contributed by atoms with Gasteiger partial charge in [-0.2, -0.15) is 0 Å². The minimum absolute atomic E-state index is 0.0844. The Hall–Kier alpha value is -3.93. The summed E-state index contributed by atoms with van der Waals surface area (Å²) >= 11 is 0. The Bertz CT molecular complexity index is 1660. The number of hydrogen-bond donors (Lipinski definition) is 0. The molecule has 0 aromatic rings. The second-order valence-corrected chi connectivity index (χ2v) is 23.4. The van der Waals surface area contributed by atoms with Crippen LogP contribution in [0.4, 0.5) is 0 Å². The smallest absolute Gasteiger partial charge is 0.306 e. The van der Waals surface area contributed by atoms with Crippen LogP contribution in [0.25, 0.3) is 0 Å². The van der Waals surface area contributed by atoms with Gasteiger partial charge in [0.2, 0.25) is 0 Å². The van der Waals surface area contributed by atoms with E-state index in [-0.39, 0.29) is 31.1 Å². The summed E-state index contributed by atoms with van der Waals surface area (Å²) < 4.78 is 17.0. The zero-order chi connectivity index (χ0) is 59.9. The summed E-state index contributed by atoms with van der Waals surface area (Å²) in [7, 11) is 0. The fourth-order valence-corrected chi connectivity index (χ4v) is 9.94. The van der Waals surface area contributed by atoms with Crippen LogP contribution in [-0.2, 0) is 28.6 Å². The highest BCUT2D eigenvalue weighted by molar-refractivity contribution is 5.71. The molecule has 0 amide bonds.